The molecule has 82 valence electrons. The molecule has 0 aliphatic carbocycles. The predicted octanol–water partition coefficient (Wildman–Crippen LogP) is 4.59. The van der Waals surface area contributed by atoms with Crippen LogP contribution >= 0.6 is 0 Å². The van der Waals surface area contributed by atoms with Crippen molar-refractivity contribution in [1.82, 2.24) is 0 Å². The molecule has 0 rings (SSSR count). The van der Waals surface area contributed by atoms with Gasteiger partial charge in [-0.3, -0.25) is 4.99 Å². The number of allylic oxidation sites excluding steroid dienone is 2. The fourth-order valence-corrected chi connectivity index (χ4v) is 1.45. The van der Waals surface area contributed by atoms with Gasteiger partial charge >= 0.3 is 0 Å². The molecule has 14 heavy (non-hydrogen) atoms. The van der Waals surface area contributed by atoms with Gasteiger partial charge in [0, 0.05) is 11.4 Å². The van der Waals surface area contributed by atoms with Gasteiger partial charge in [-0.05, 0) is 32.6 Å². The van der Waals surface area contributed by atoms with Gasteiger partial charge in [0.2, 0.25) is 0 Å². The van der Waals surface area contributed by atoms with Gasteiger partial charge in [0.1, 0.15) is 0 Å². The minimum absolute atomic E-state index is 0.579. The zero-order valence-electron chi connectivity index (χ0n) is 10.6. The maximum Gasteiger partial charge on any atom is 0.0386 e. The standard InChI is InChI=1S/C13H25N/c1-7-9-13(11(5)6)14-12(8-2)10(3)4/h11H,7-9H2,1-6H3. The van der Waals surface area contributed by atoms with E-state index in [2.05, 4.69) is 41.5 Å². The Bertz CT molecular complexity index is 217. The van der Waals surface area contributed by atoms with E-state index in [1.165, 1.54) is 23.4 Å². The Hall–Kier alpha value is -0.590. The second kappa shape index (κ2) is 6.80. The van der Waals surface area contributed by atoms with Gasteiger partial charge < -0.3 is 0 Å². The average molecular weight is 195 g/mol. The summed E-state index contributed by atoms with van der Waals surface area (Å²) >= 11 is 0. The molecule has 0 heterocycles. The zero-order valence-corrected chi connectivity index (χ0v) is 10.6. The Morgan fingerprint density at radius 2 is 1.71 bits per heavy atom. The van der Waals surface area contributed by atoms with Crippen LogP contribution in [-0.4, -0.2) is 5.71 Å². The summed E-state index contributed by atoms with van der Waals surface area (Å²) in [5.74, 6) is 0.579. The summed E-state index contributed by atoms with van der Waals surface area (Å²) < 4.78 is 0. The van der Waals surface area contributed by atoms with E-state index < -0.39 is 0 Å². The molecule has 0 radical (unpaired) electrons. The minimum Gasteiger partial charge on any atom is -0.262 e. The molecule has 1 nitrogen and oxygen atoms in total. The molecule has 0 aromatic heterocycles. The maximum atomic E-state index is 4.78. The fraction of sp³-hybridized carbons (Fsp3) is 0.769. The molecule has 0 atom stereocenters. The van der Waals surface area contributed by atoms with E-state index >= 15 is 0 Å². The van der Waals surface area contributed by atoms with Gasteiger partial charge in [-0.1, -0.05) is 39.7 Å². The highest BCUT2D eigenvalue weighted by atomic mass is 14.8. The van der Waals surface area contributed by atoms with Crippen LogP contribution in [0.2, 0.25) is 0 Å². The molecule has 0 saturated carbocycles. The number of hydrogen-bond acceptors (Lipinski definition) is 1. The Balaban J connectivity index is 4.79. The van der Waals surface area contributed by atoms with Crippen LogP contribution in [0.4, 0.5) is 0 Å². The molecule has 0 fully saturated rings. The molecule has 0 aliphatic rings. The fourth-order valence-electron chi connectivity index (χ4n) is 1.45. The topological polar surface area (TPSA) is 12.4 Å². The molecule has 0 bridgehead atoms. The van der Waals surface area contributed by atoms with Crippen LogP contribution in [0, 0.1) is 5.92 Å². The third kappa shape index (κ3) is 4.59. The summed E-state index contributed by atoms with van der Waals surface area (Å²) in [5, 5.41) is 0. The first-order valence-corrected chi connectivity index (χ1v) is 5.76. The largest absolute Gasteiger partial charge is 0.262 e. The maximum absolute atomic E-state index is 4.78. The van der Waals surface area contributed by atoms with Crippen LogP contribution < -0.4 is 0 Å². The molecular formula is C13H25N. The Morgan fingerprint density at radius 1 is 1.14 bits per heavy atom. The van der Waals surface area contributed by atoms with E-state index in [4.69, 9.17) is 4.99 Å². The van der Waals surface area contributed by atoms with E-state index in [-0.39, 0.29) is 0 Å². The van der Waals surface area contributed by atoms with Crippen molar-refractivity contribution in [3.8, 4) is 0 Å². The first-order valence-electron chi connectivity index (χ1n) is 5.76. The highest BCUT2D eigenvalue weighted by molar-refractivity contribution is 5.87. The molecule has 0 spiro atoms. The lowest BCUT2D eigenvalue weighted by atomic mass is 10.0. The lowest BCUT2D eigenvalue weighted by molar-refractivity contribution is 0.819. The van der Waals surface area contributed by atoms with Gasteiger partial charge in [-0.2, -0.15) is 0 Å². The van der Waals surface area contributed by atoms with Gasteiger partial charge in [0.25, 0.3) is 0 Å². The van der Waals surface area contributed by atoms with E-state index in [9.17, 15) is 0 Å². The van der Waals surface area contributed by atoms with Crippen molar-refractivity contribution >= 4 is 5.71 Å². The summed E-state index contributed by atoms with van der Waals surface area (Å²) in [6.45, 7) is 13.1. The number of rotatable bonds is 5. The highest BCUT2D eigenvalue weighted by Gasteiger charge is 2.05. The Morgan fingerprint density at radius 3 is 2.00 bits per heavy atom. The van der Waals surface area contributed by atoms with Gasteiger partial charge in [-0.25, -0.2) is 0 Å². The monoisotopic (exact) mass is 195 g/mol. The van der Waals surface area contributed by atoms with Crippen molar-refractivity contribution in [3.63, 3.8) is 0 Å². The van der Waals surface area contributed by atoms with Crippen LogP contribution in [0.15, 0.2) is 16.3 Å². The minimum atomic E-state index is 0.579. The molecule has 0 aliphatic heterocycles. The van der Waals surface area contributed by atoms with Crippen molar-refractivity contribution in [3.05, 3.63) is 11.3 Å². The van der Waals surface area contributed by atoms with Gasteiger partial charge in [0.05, 0.1) is 0 Å². The summed E-state index contributed by atoms with van der Waals surface area (Å²) in [7, 11) is 0. The predicted molar refractivity (Wildman–Crippen MR) is 65.8 cm³/mol. The molecule has 0 aromatic rings. The van der Waals surface area contributed by atoms with E-state index in [1.54, 1.807) is 0 Å². The van der Waals surface area contributed by atoms with Crippen molar-refractivity contribution in [2.45, 2.75) is 60.8 Å². The van der Waals surface area contributed by atoms with Crippen molar-refractivity contribution < 1.29 is 0 Å². The number of aliphatic imine (C=N–C) groups is 1. The summed E-state index contributed by atoms with van der Waals surface area (Å²) in [4.78, 5) is 4.78. The average Bonchev–Trinajstić information content (AvgIpc) is 2.11. The first-order chi connectivity index (χ1) is 6.52. The Kier molecular flexibility index (Phi) is 6.52. The second-order valence-corrected chi connectivity index (χ2v) is 4.31. The van der Waals surface area contributed by atoms with E-state index in [0.29, 0.717) is 5.92 Å². The van der Waals surface area contributed by atoms with Crippen LogP contribution in [-0.2, 0) is 0 Å². The molecule has 0 saturated heterocycles. The molecule has 0 aromatic carbocycles. The summed E-state index contributed by atoms with van der Waals surface area (Å²) in [6.07, 6.45) is 3.37. The zero-order chi connectivity index (χ0) is 11.1. The quantitative estimate of drug-likeness (QED) is 0.569. The van der Waals surface area contributed by atoms with Crippen molar-refractivity contribution in [1.29, 1.82) is 0 Å². The highest BCUT2D eigenvalue weighted by Crippen LogP contribution is 2.14. The SMILES string of the molecule is CCCC(=NC(CC)=C(C)C)C(C)C. The third-order valence-electron chi connectivity index (χ3n) is 2.36. The molecule has 0 unspecified atom stereocenters. The molecular weight excluding hydrogens is 170 g/mol. The summed E-state index contributed by atoms with van der Waals surface area (Å²) in [6, 6.07) is 0. The van der Waals surface area contributed by atoms with E-state index in [0.717, 1.165) is 12.8 Å². The van der Waals surface area contributed by atoms with Crippen molar-refractivity contribution in [2.75, 3.05) is 0 Å². The van der Waals surface area contributed by atoms with Crippen molar-refractivity contribution in [2.24, 2.45) is 10.9 Å². The smallest absolute Gasteiger partial charge is 0.0386 e. The first kappa shape index (κ1) is 13.4. The number of hydrogen-bond donors (Lipinski definition) is 0. The number of nitrogens with zero attached hydrogens (tertiary/aromatic N) is 1. The van der Waals surface area contributed by atoms with Crippen LogP contribution in [0.5, 0.6) is 0 Å². The van der Waals surface area contributed by atoms with E-state index in [1.807, 2.05) is 0 Å². The second-order valence-electron chi connectivity index (χ2n) is 4.31. The molecule has 0 amide bonds. The summed E-state index contributed by atoms with van der Waals surface area (Å²) in [5.41, 5.74) is 3.97. The lowest BCUT2D eigenvalue weighted by Crippen LogP contribution is -2.07. The van der Waals surface area contributed by atoms with Crippen LogP contribution in [0.25, 0.3) is 0 Å². The van der Waals surface area contributed by atoms with Crippen LogP contribution in [0.1, 0.15) is 60.8 Å². The van der Waals surface area contributed by atoms with Gasteiger partial charge in [0.15, 0.2) is 0 Å². The normalized spacial score (nSPS) is 12.1. The molecule has 1 heteroatoms. The van der Waals surface area contributed by atoms with Crippen LogP contribution in [0.3, 0.4) is 0 Å². The lowest BCUT2D eigenvalue weighted by Gasteiger charge is -2.11. The van der Waals surface area contributed by atoms with Gasteiger partial charge in [-0.15, -0.1) is 0 Å². The molecule has 0 N–H and O–H groups in total. The third-order valence-corrected chi connectivity index (χ3v) is 2.36. The Labute approximate surface area is 89.3 Å².